The van der Waals surface area contributed by atoms with E-state index >= 15 is 0 Å². The number of benzene rings is 2. The molecule has 0 amide bonds. The Morgan fingerprint density at radius 1 is 0.500 bits per heavy atom. The maximum Gasteiger partial charge on any atom is 0.315 e. The van der Waals surface area contributed by atoms with Crippen molar-refractivity contribution in [1.82, 2.24) is 0 Å². The lowest BCUT2D eigenvalue weighted by molar-refractivity contribution is -0.165. The molecule has 4 atom stereocenters. The van der Waals surface area contributed by atoms with Crippen molar-refractivity contribution >= 4 is 11.9 Å². The van der Waals surface area contributed by atoms with E-state index in [9.17, 15) is 9.59 Å². The van der Waals surface area contributed by atoms with Crippen molar-refractivity contribution in [3.05, 3.63) is 117 Å². The number of carbonyl (C=O) groups is 2. The molecule has 6 heteroatoms. The second-order valence-electron chi connectivity index (χ2n) is 15.9. The molecule has 2 aliphatic heterocycles. The Balaban J connectivity index is 1.16. The maximum atomic E-state index is 13.3. The highest BCUT2D eigenvalue weighted by Gasteiger charge is 2.64. The molecule has 1 aliphatic carbocycles. The van der Waals surface area contributed by atoms with E-state index in [-0.39, 0.29) is 23.8 Å². The van der Waals surface area contributed by atoms with Crippen LogP contribution in [-0.2, 0) is 9.59 Å². The zero-order valence-corrected chi connectivity index (χ0v) is 33.8. The Morgan fingerprint density at radius 2 is 0.852 bits per heavy atom. The first kappa shape index (κ1) is 40.6. The smallest absolute Gasteiger partial charge is 0.315 e. The predicted molar refractivity (Wildman–Crippen MR) is 218 cm³/mol. The van der Waals surface area contributed by atoms with Gasteiger partial charge in [-0.1, -0.05) is 69.9 Å². The van der Waals surface area contributed by atoms with Gasteiger partial charge in [-0.25, -0.2) is 0 Å². The van der Waals surface area contributed by atoms with Crippen molar-refractivity contribution in [1.29, 1.82) is 0 Å². The number of carbonyl (C=O) groups excluding carboxylic acids is 2. The summed E-state index contributed by atoms with van der Waals surface area (Å²) in [6.07, 6.45) is 21.9. The normalized spacial score (nSPS) is 20.7. The van der Waals surface area contributed by atoms with E-state index in [1.165, 1.54) is 33.4 Å². The topological polar surface area (TPSA) is 71.1 Å². The van der Waals surface area contributed by atoms with Gasteiger partial charge in [-0.2, -0.15) is 0 Å². The van der Waals surface area contributed by atoms with Crippen LogP contribution < -0.4 is 18.9 Å². The second kappa shape index (κ2) is 19.1. The number of hydrogen-bond acceptors (Lipinski definition) is 6. The maximum absolute atomic E-state index is 13.3. The molecule has 1 fully saturated rings. The van der Waals surface area contributed by atoms with Crippen molar-refractivity contribution in [3.8, 4) is 23.0 Å². The van der Waals surface area contributed by atoms with Gasteiger partial charge in [0.2, 0.25) is 0 Å². The molecule has 2 heterocycles. The Morgan fingerprint density at radius 3 is 1.22 bits per heavy atom. The standard InChI is InChI=1S/C48H60O6/c1-31(2)13-9-15-33(5)17-11-19-35(7)25-27-51-37-21-23-39-41(29-37)53-47(49)45-43(39)44-40-24-22-38(30-42(40)54-48(50)46(44)45)52-28-26-36(8)20-12-18-34(6)16-10-14-32(3)4/h13-14,17-18,21-26,29-30,43-46H,9-12,15-16,19-20,27-28H2,1-8H3/b33-17+,34-18+,35-25+,36-26+/t43-,44+,45-,46+. The minimum atomic E-state index is -0.564. The van der Waals surface area contributed by atoms with E-state index in [0.29, 0.717) is 36.2 Å². The summed E-state index contributed by atoms with van der Waals surface area (Å²) in [5.41, 5.74) is 9.99. The average molecular weight is 733 g/mol. The zero-order chi connectivity index (χ0) is 38.8. The molecule has 1 saturated carbocycles. The number of hydrogen-bond donors (Lipinski definition) is 0. The van der Waals surface area contributed by atoms with Crippen LogP contribution in [0.15, 0.2) is 106 Å². The number of allylic oxidation sites excluding steroid dienone is 10. The Labute approximate surface area is 323 Å². The molecule has 288 valence electrons. The van der Waals surface area contributed by atoms with Gasteiger partial charge < -0.3 is 18.9 Å². The van der Waals surface area contributed by atoms with Gasteiger partial charge in [-0.05, 0) is 142 Å². The first-order valence-electron chi connectivity index (χ1n) is 19.8. The minimum absolute atomic E-state index is 0.171. The summed E-state index contributed by atoms with van der Waals surface area (Å²) in [4.78, 5) is 26.5. The van der Waals surface area contributed by atoms with Crippen LogP contribution in [0, 0.1) is 11.8 Å². The van der Waals surface area contributed by atoms with E-state index in [2.05, 4.69) is 91.8 Å². The lowest BCUT2D eigenvalue weighted by Crippen LogP contribution is -2.57. The molecule has 3 aliphatic rings. The predicted octanol–water partition coefficient (Wildman–Crippen LogP) is 12.2. The molecule has 2 aromatic rings. The average Bonchev–Trinajstić information content (AvgIpc) is 3.08. The number of fused-ring (bicyclic) bond motifs is 8. The number of rotatable bonds is 18. The summed E-state index contributed by atoms with van der Waals surface area (Å²) in [7, 11) is 0. The largest absolute Gasteiger partial charge is 0.489 e. The van der Waals surface area contributed by atoms with Gasteiger partial charge in [0, 0.05) is 24.0 Å². The molecule has 5 rings (SSSR count). The third-order valence-corrected chi connectivity index (χ3v) is 10.8. The Kier molecular flexibility index (Phi) is 14.4. The van der Waals surface area contributed by atoms with Crippen LogP contribution in [0.3, 0.4) is 0 Å². The summed E-state index contributed by atoms with van der Waals surface area (Å²) >= 11 is 0. The molecule has 0 radical (unpaired) electrons. The lowest BCUT2D eigenvalue weighted by Gasteiger charge is -2.53. The van der Waals surface area contributed by atoms with E-state index < -0.39 is 11.8 Å². The molecule has 0 spiro atoms. The summed E-state index contributed by atoms with van der Waals surface area (Å²) < 4.78 is 23.7. The highest BCUT2D eigenvalue weighted by atomic mass is 16.5. The van der Waals surface area contributed by atoms with Crippen LogP contribution >= 0.6 is 0 Å². The van der Waals surface area contributed by atoms with E-state index in [4.69, 9.17) is 18.9 Å². The van der Waals surface area contributed by atoms with Gasteiger partial charge >= 0.3 is 11.9 Å². The molecule has 0 unspecified atom stereocenters. The van der Waals surface area contributed by atoms with E-state index in [1.807, 2.05) is 24.3 Å². The third kappa shape index (κ3) is 10.8. The highest BCUT2D eigenvalue weighted by Crippen LogP contribution is 2.65. The second-order valence-corrected chi connectivity index (χ2v) is 15.9. The minimum Gasteiger partial charge on any atom is -0.489 e. The van der Waals surface area contributed by atoms with Crippen LogP contribution in [0.4, 0.5) is 0 Å². The van der Waals surface area contributed by atoms with E-state index in [0.717, 1.165) is 62.5 Å². The molecular formula is C48H60O6. The first-order valence-corrected chi connectivity index (χ1v) is 19.8. The fourth-order valence-corrected chi connectivity index (χ4v) is 7.64. The molecule has 0 aromatic heterocycles. The summed E-state index contributed by atoms with van der Waals surface area (Å²) in [5.74, 6) is 0.0515. The summed E-state index contributed by atoms with van der Waals surface area (Å²) in [6, 6.07) is 11.4. The van der Waals surface area contributed by atoms with Crippen LogP contribution in [0.1, 0.15) is 130 Å². The fraction of sp³-hybridized carbons (Fsp3) is 0.458. The molecular weight excluding hydrogens is 673 g/mol. The van der Waals surface area contributed by atoms with Crippen LogP contribution in [0.5, 0.6) is 23.0 Å². The van der Waals surface area contributed by atoms with Crippen LogP contribution in [0.25, 0.3) is 0 Å². The molecule has 0 saturated heterocycles. The van der Waals surface area contributed by atoms with Crippen molar-refractivity contribution in [3.63, 3.8) is 0 Å². The molecule has 0 N–H and O–H groups in total. The monoisotopic (exact) mass is 732 g/mol. The van der Waals surface area contributed by atoms with Crippen molar-refractivity contribution in [2.45, 2.75) is 119 Å². The van der Waals surface area contributed by atoms with Gasteiger partial charge in [0.15, 0.2) is 0 Å². The summed E-state index contributed by atoms with van der Waals surface area (Å²) in [5, 5.41) is 0. The first-order chi connectivity index (χ1) is 25.9. The van der Waals surface area contributed by atoms with Crippen LogP contribution in [0.2, 0.25) is 0 Å². The van der Waals surface area contributed by atoms with Crippen LogP contribution in [-0.4, -0.2) is 25.2 Å². The van der Waals surface area contributed by atoms with Crippen molar-refractivity contribution in [2.75, 3.05) is 13.2 Å². The fourth-order valence-electron chi connectivity index (χ4n) is 7.64. The van der Waals surface area contributed by atoms with Gasteiger partial charge in [0.1, 0.15) is 36.2 Å². The SMILES string of the molecule is CC(C)=CCC/C(C)=C/CC/C(C)=C/COc1ccc2c(c1)OC(=O)[C@@H]1[C@@H]3C(=O)Oc4cc(OC/C=C(\C)CC/C=C(\C)CCC=C(C)C)ccc4[C@@H]3[C@H]21. The number of ether oxygens (including phenoxy) is 4. The molecule has 2 aromatic carbocycles. The molecule has 6 nitrogen and oxygen atoms in total. The molecule has 0 bridgehead atoms. The summed E-state index contributed by atoms with van der Waals surface area (Å²) in [6.45, 7) is 18.1. The third-order valence-electron chi connectivity index (χ3n) is 10.8. The Hall–Kier alpha value is -4.58. The van der Waals surface area contributed by atoms with Gasteiger partial charge in [-0.3, -0.25) is 9.59 Å². The van der Waals surface area contributed by atoms with Gasteiger partial charge in [0.25, 0.3) is 0 Å². The van der Waals surface area contributed by atoms with E-state index in [1.54, 1.807) is 12.1 Å². The molecule has 54 heavy (non-hydrogen) atoms. The highest BCUT2D eigenvalue weighted by molar-refractivity contribution is 5.92. The lowest BCUT2D eigenvalue weighted by atomic mass is 9.51. The van der Waals surface area contributed by atoms with Gasteiger partial charge in [-0.15, -0.1) is 0 Å². The van der Waals surface area contributed by atoms with Crippen molar-refractivity contribution < 1.29 is 28.5 Å². The zero-order valence-electron chi connectivity index (χ0n) is 33.8. The number of esters is 2. The quantitative estimate of drug-likeness (QED) is 0.0863. The van der Waals surface area contributed by atoms with Crippen molar-refractivity contribution in [2.24, 2.45) is 11.8 Å². The van der Waals surface area contributed by atoms with Gasteiger partial charge in [0.05, 0.1) is 11.8 Å². The Bertz CT molecular complexity index is 1720.